The number of amidine groups is 1. The second-order valence-corrected chi connectivity index (χ2v) is 13.1. The number of carboxylic acids is 1. The van der Waals surface area contributed by atoms with E-state index in [-0.39, 0.29) is 25.0 Å². The molecule has 0 radical (unpaired) electrons. The lowest BCUT2D eigenvalue weighted by Crippen LogP contribution is -2.61. The normalized spacial score (nSPS) is 22.5. The number of nitrogens with one attached hydrogen (secondary N) is 1. The quantitative estimate of drug-likeness (QED) is 0.381. The van der Waals surface area contributed by atoms with Crippen molar-refractivity contribution in [2.75, 3.05) is 45.9 Å². The van der Waals surface area contributed by atoms with Gasteiger partial charge in [-0.25, -0.2) is 19.0 Å². The number of hydrogen-bond acceptors (Lipinski definition) is 9. The van der Waals surface area contributed by atoms with Crippen LogP contribution in [0.5, 0.6) is 0 Å². The average molecular weight is 627 g/mol. The Balaban J connectivity index is 1.50. The lowest BCUT2D eigenvalue weighted by Gasteiger charge is -2.46. The van der Waals surface area contributed by atoms with Crippen molar-refractivity contribution in [3.63, 3.8) is 0 Å². The van der Waals surface area contributed by atoms with Gasteiger partial charge in [-0.05, 0) is 51.3 Å². The van der Waals surface area contributed by atoms with Crippen LogP contribution in [0.3, 0.4) is 0 Å². The number of piperazine rings is 1. The minimum Gasteiger partial charge on any atom is -0.481 e. The van der Waals surface area contributed by atoms with E-state index in [0.29, 0.717) is 72.4 Å². The first kappa shape index (κ1) is 31.6. The number of nitrogens with zero attached hydrogens (tertiary/aromatic N) is 5. The third kappa shape index (κ3) is 5.82. The van der Waals surface area contributed by atoms with E-state index in [1.54, 1.807) is 50.9 Å². The predicted molar refractivity (Wildman–Crippen MR) is 164 cm³/mol. The van der Waals surface area contributed by atoms with Gasteiger partial charge in [0.1, 0.15) is 11.9 Å². The molecule has 2 N–H and O–H groups in total. The van der Waals surface area contributed by atoms with Crippen LogP contribution in [0.1, 0.15) is 56.3 Å². The molecule has 0 bridgehead atoms. The highest BCUT2D eigenvalue weighted by Gasteiger charge is 2.52. The number of aliphatic carboxylic acids is 1. The molecule has 236 valence electrons. The number of hydrogen-bond donors (Lipinski definition) is 2. The largest absolute Gasteiger partial charge is 0.481 e. The fraction of sp³-hybridized carbons (Fsp3) is 0.516. The van der Waals surface area contributed by atoms with Crippen molar-refractivity contribution < 1.29 is 28.6 Å². The van der Waals surface area contributed by atoms with Gasteiger partial charge in [-0.1, -0.05) is 19.1 Å². The Kier molecular flexibility index (Phi) is 8.81. The molecule has 11 nitrogen and oxygen atoms in total. The number of carboxylic acid groups (broad SMARTS) is 1. The first-order valence-corrected chi connectivity index (χ1v) is 15.7. The van der Waals surface area contributed by atoms with Crippen molar-refractivity contribution >= 4 is 35.1 Å². The zero-order chi connectivity index (χ0) is 31.8. The minimum absolute atomic E-state index is 0.113. The summed E-state index contributed by atoms with van der Waals surface area (Å²) in [5.74, 6) is -1.39. The SMILES string of the molecule is CCOC(=O)C1=C(CN2CCN3C(=O)N(CC(C)(C)C(=O)O)CC3(CC)C2)NC(c2nccs2)=NC1c1cccc(F)c1C. The molecule has 13 heteroatoms. The molecule has 2 unspecified atom stereocenters. The summed E-state index contributed by atoms with van der Waals surface area (Å²) in [6.45, 7) is 11.2. The van der Waals surface area contributed by atoms with E-state index in [1.807, 2.05) is 17.2 Å². The van der Waals surface area contributed by atoms with E-state index >= 15 is 0 Å². The molecule has 2 aromatic rings. The van der Waals surface area contributed by atoms with E-state index in [1.165, 1.54) is 17.4 Å². The van der Waals surface area contributed by atoms with Gasteiger partial charge in [0.25, 0.3) is 0 Å². The monoisotopic (exact) mass is 626 g/mol. The summed E-state index contributed by atoms with van der Waals surface area (Å²) in [6, 6.07) is 3.80. The predicted octanol–water partition coefficient (Wildman–Crippen LogP) is 3.81. The number of aliphatic imine (C=N–C) groups is 1. The highest BCUT2D eigenvalue weighted by molar-refractivity contribution is 7.11. The van der Waals surface area contributed by atoms with Gasteiger partial charge in [-0.15, -0.1) is 11.3 Å². The van der Waals surface area contributed by atoms with Crippen LogP contribution in [0, 0.1) is 18.2 Å². The Morgan fingerprint density at radius 1 is 1.25 bits per heavy atom. The number of urea groups is 1. The second kappa shape index (κ2) is 12.3. The molecular weight excluding hydrogens is 587 g/mol. The zero-order valence-electron chi connectivity index (χ0n) is 25.7. The Morgan fingerprint density at radius 3 is 2.68 bits per heavy atom. The van der Waals surface area contributed by atoms with Gasteiger partial charge in [0, 0.05) is 56.5 Å². The Morgan fingerprint density at radius 2 is 2.02 bits per heavy atom. The third-order valence-corrected chi connectivity index (χ3v) is 9.56. The molecule has 44 heavy (non-hydrogen) atoms. The maximum Gasteiger partial charge on any atom is 0.338 e. The van der Waals surface area contributed by atoms with Gasteiger partial charge < -0.3 is 25.0 Å². The third-order valence-electron chi connectivity index (χ3n) is 8.78. The Bertz CT molecular complexity index is 1510. The molecule has 2 saturated heterocycles. The second-order valence-electron chi connectivity index (χ2n) is 12.2. The number of halogens is 1. The molecule has 0 saturated carbocycles. The number of esters is 1. The summed E-state index contributed by atoms with van der Waals surface area (Å²) >= 11 is 1.40. The number of carbonyl (C=O) groups excluding carboxylic acids is 2. The summed E-state index contributed by atoms with van der Waals surface area (Å²) in [4.78, 5) is 53.9. The van der Waals surface area contributed by atoms with E-state index in [4.69, 9.17) is 9.73 Å². The fourth-order valence-corrected chi connectivity index (χ4v) is 6.88. The van der Waals surface area contributed by atoms with Gasteiger partial charge in [-0.2, -0.15) is 0 Å². The van der Waals surface area contributed by atoms with E-state index in [2.05, 4.69) is 15.2 Å². The van der Waals surface area contributed by atoms with Crippen molar-refractivity contribution in [2.24, 2.45) is 10.4 Å². The smallest absolute Gasteiger partial charge is 0.338 e. The highest BCUT2D eigenvalue weighted by atomic mass is 32.1. The highest BCUT2D eigenvalue weighted by Crippen LogP contribution is 2.38. The molecular formula is C31H39FN6O5S. The van der Waals surface area contributed by atoms with Crippen LogP contribution in [-0.2, 0) is 14.3 Å². The van der Waals surface area contributed by atoms with Crippen molar-refractivity contribution in [2.45, 2.75) is 52.6 Å². The summed E-state index contributed by atoms with van der Waals surface area (Å²) in [7, 11) is 0. The van der Waals surface area contributed by atoms with Gasteiger partial charge in [0.2, 0.25) is 0 Å². The lowest BCUT2D eigenvalue weighted by molar-refractivity contribution is -0.147. The molecule has 1 aromatic carbocycles. The summed E-state index contributed by atoms with van der Waals surface area (Å²) in [6.07, 6.45) is 2.35. The Labute approximate surface area is 260 Å². The van der Waals surface area contributed by atoms with Crippen LogP contribution in [0.2, 0.25) is 0 Å². The molecule has 2 atom stereocenters. The summed E-state index contributed by atoms with van der Waals surface area (Å²) in [5, 5.41) is 15.5. The van der Waals surface area contributed by atoms with Gasteiger partial charge in [0.15, 0.2) is 10.8 Å². The lowest BCUT2D eigenvalue weighted by atomic mass is 9.89. The average Bonchev–Trinajstić information content (AvgIpc) is 3.61. The maximum absolute atomic E-state index is 14.8. The van der Waals surface area contributed by atoms with Crippen molar-refractivity contribution in [3.8, 4) is 0 Å². The van der Waals surface area contributed by atoms with E-state index in [9.17, 15) is 23.9 Å². The zero-order valence-corrected chi connectivity index (χ0v) is 26.5. The van der Waals surface area contributed by atoms with Crippen molar-refractivity contribution in [3.05, 3.63) is 63.0 Å². The Hall–Kier alpha value is -3.84. The van der Waals surface area contributed by atoms with E-state index < -0.39 is 28.9 Å². The van der Waals surface area contributed by atoms with Gasteiger partial charge >= 0.3 is 18.0 Å². The van der Waals surface area contributed by atoms with Crippen LogP contribution >= 0.6 is 11.3 Å². The topological polar surface area (TPSA) is 128 Å². The summed E-state index contributed by atoms with van der Waals surface area (Å²) in [5.41, 5.74) is 0.254. The van der Waals surface area contributed by atoms with Crippen molar-refractivity contribution in [1.82, 2.24) is 25.0 Å². The van der Waals surface area contributed by atoms with Gasteiger partial charge in [-0.3, -0.25) is 14.7 Å². The number of amides is 2. The minimum atomic E-state index is -1.08. The molecule has 1 aromatic heterocycles. The maximum atomic E-state index is 14.8. The number of thiazole rings is 1. The van der Waals surface area contributed by atoms with Crippen LogP contribution in [0.25, 0.3) is 0 Å². The molecule has 0 spiro atoms. The molecule has 0 aliphatic carbocycles. The van der Waals surface area contributed by atoms with Crippen LogP contribution in [0.4, 0.5) is 9.18 Å². The number of carbonyl (C=O) groups is 3. The molecule has 5 rings (SSSR count). The molecule has 3 aliphatic rings. The first-order valence-electron chi connectivity index (χ1n) is 14.8. The fourth-order valence-electron chi connectivity index (χ4n) is 6.29. The number of ether oxygens (including phenoxy) is 1. The van der Waals surface area contributed by atoms with Crippen LogP contribution in [0.15, 0.2) is 46.0 Å². The van der Waals surface area contributed by atoms with Gasteiger partial charge in [0.05, 0.1) is 23.1 Å². The molecule has 2 fully saturated rings. The van der Waals surface area contributed by atoms with Crippen molar-refractivity contribution in [1.29, 1.82) is 0 Å². The van der Waals surface area contributed by atoms with Crippen LogP contribution < -0.4 is 5.32 Å². The molecule has 3 aliphatic heterocycles. The number of benzene rings is 1. The number of fused-ring (bicyclic) bond motifs is 1. The standard InChI is InChI=1S/C31H39FN6O5S/c1-6-31-17-36(12-13-38(31)29(42)37(18-31)16-30(4,5)28(40)41)15-22-23(27(39)43-7-2)24(20-9-8-10-21(32)19(20)3)35-25(34-22)26-33-11-14-44-26/h8-11,14,24H,6-7,12-13,15-18H2,1-5H3,(H,34,35)(H,40,41). The van der Waals surface area contributed by atoms with Crippen LogP contribution in [-0.4, -0.2) is 100 Å². The first-order chi connectivity index (χ1) is 20.9. The van der Waals surface area contributed by atoms with E-state index in [0.717, 1.165) is 0 Å². The molecule has 2 amide bonds. The number of aromatic nitrogens is 1. The number of rotatable bonds is 10. The summed E-state index contributed by atoms with van der Waals surface area (Å²) < 4.78 is 20.3. The molecule has 4 heterocycles.